The van der Waals surface area contributed by atoms with Crippen LogP contribution in [0.3, 0.4) is 0 Å². The number of carbonyl (C=O) groups excluding carboxylic acids is 2. The maximum absolute atomic E-state index is 13.0. The molecule has 2 atom stereocenters. The second kappa shape index (κ2) is 10.4. The van der Waals surface area contributed by atoms with Crippen molar-refractivity contribution in [2.45, 2.75) is 31.8 Å². The van der Waals surface area contributed by atoms with Crippen molar-refractivity contribution in [3.05, 3.63) is 95.6 Å². The Morgan fingerprint density at radius 2 is 1.37 bits per heavy atom. The summed E-state index contributed by atoms with van der Waals surface area (Å²) >= 11 is 0. The van der Waals surface area contributed by atoms with Crippen molar-refractivity contribution in [2.24, 2.45) is 5.92 Å². The second-order valence-electron chi connectivity index (χ2n) is 8.88. The van der Waals surface area contributed by atoms with Crippen molar-refractivity contribution in [2.75, 3.05) is 6.61 Å². The highest BCUT2D eigenvalue weighted by Gasteiger charge is 2.32. The molecular weight excluding hydrogens is 444 g/mol. The molecule has 0 saturated carbocycles. The van der Waals surface area contributed by atoms with Crippen LogP contribution in [0.4, 0.5) is 4.79 Å². The lowest BCUT2D eigenvalue weighted by Crippen LogP contribution is -2.51. The molecule has 3 aromatic carbocycles. The van der Waals surface area contributed by atoms with E-state index in [9.17, 15) is 19.5 Å². The van der Waals surface area contributed by atoms with E-state index in [1.807, 2.05) is 36.4 Å². The van der Waals surface area contributed by atoms with Crippen molar-refractivity contribution in [1.29, 1.82) is 0 Å². The molecule has 1 unspecified atom stereocenters. The van der Waals surface area contributed by atoms with E-state index >= 15 is 0 Å². The maximum Gasteiger partial charge on any atom is 0.407 e. The third kappa shape index (κ3) is 5.19. The summed E-state index contributed by atoms with van der Waals surface area (Å²) in [5.41, 5.74) is 4.87. The first-order chi connectivity index (χ1) is 16.9. The lowest BCUT2D eigenvalue weighted by Gasteiger charge is -2.24. The van der Waals surface area contributed by atoms with Crippen LogP contribution in [0.2, 0.25) is 0 Å². The molecule has 2 amide bonds. The molecule has 0 bridgehead atoms. The number of carboxylic acids is 1. The van der Waals surface area contributed by atoms with Gasteiger partial charge in [0, 0.05) is 5.92 Å². The van der Waals surface area contributed by atoms with Crippen molar-refractivity contribution in [1.82, 2.24) is 10.6 Å². The maximum atomic E-state index is 13.0. The normalized spacial score (nSPS) is 13.9. The molecule has 0 saturated heterocycles. The van der Waals surface area contributed by atoms with Crippen molar-refractivity contribution < 1.29 is 24.2 Å². The fourth-order valence-corrected chi connectivity index (χ4v) is 4.47. The number of ether oxygens (including phenoxy) is 1. The SMILES string of the molecule is CC(C)[C@@H](NC(=O)OCC1c2ccccc2-c2ccccc21)C(=O)NC(C(=O)O)c1ccccc1. The Bertz CT molecular complexity index is 1180. The smallest absolute Gasteiger partial charge is 0.407 e. The standard InChI is InChI=1S/C28H28N2O5/c1-17(2)24(26(31)29-25(27(32)33)18-10-4-3-5-11-18)30-28(34)35-16-23-21-14-8-6-12-19(21)20-13-7-9-15-22(20)23/h3-15,17,23-25H,16H2,1-2H3,(H,29,31)(H,30,34)(H,32,33)/t24-,25?/m1/s1. The predicted molar refractivity (Wildman–Crippen MR) is 132 cm³/mol. The lowest BCUT2D eigenvalue weighted by molar-refractivity contribution is -0.142. The molecular formula is C28H28N2O5. The van der Waals surface area contributed by atoms with E-state index in [-0.39, 0.29) is 18.4 Å². The first-order valence-electron chi connectivity index (χ1n) is 11.6. The second-order valence-corrected chi connectivity index (χ2v) is 8.88. The van der Waals surface area contributed by atoms with Crippen LogP contribution in [0.5, 0.6) is 0 Å². The molecule has 1 aliphatic carbocycles. The quantitative estimate of drug-likeness (QED) is 0.448. The van der Waals surface area contributed by atoms with Gasteiger partial charge in [0.15, 0.2) is 6.04 Å². The van der Waals surface area contributed by atoms with Crippen LogP contribution in [-0.4, -0.2) is 35.7 Å². The Hall–Kier alpha value is -4.13. The largest absolute Gasteiger partial charge is 0.479 e. The summed E-state index contributed by atoms with van der Waals surface area (Å²) in [6.45, 7) is 3.66. The number of benzene rings is 3. The Morgan fingerprint density at radius 1 is 0.829 bits per heavy atom. The minimum absolute atomic E-state index is 0.103. The number of alkyl carbamates (subject to hydrolysis) is 1. The summed E-state index contributed by atoms with van der Waals surface area (Å²) in [5.74, 6) is -2.17. The zero-order chi connectivity index (χ0) is 24.9. The molecule has 0 aromatic heterocycles. The molecule has 7 nitrogen and oxygen atoms in total. The lowest BCUT2D eigenvalue weighted by atomic mass is 9.98. The Balaban J connectivity index is 1.42. The van der Waals surface area contributed by atoms with Gasteiger partial charge in [-0.2, -0.15) is 0 Å². The van der Waals surface area contributed by atoms with Gasteiger partial charge in [-0.1, -0.05) is 92.7 Å². The number of hydrogen-bond donors (Lipinski definition) is 3. The van der Waals surface area contributed by atoms with Crippen LogP contribution >= 0.6 is 0 Å². The number of amides is 2. The van der Waals surface area contributed by atoms with Gasteiger partial charge in [0.1, 0.15) is 12.6 Å². The summed E-state index contributed by atoms with van der Waals surface area (Å²) in [5, 5.41) is 14.8. The summed E-state index contributed by atoms with van der Waals surface area (Å²) in [6, 6.07) is 22.3. The van der Waals surface area contributed by atoms with Crippen LogP contribution in [-0.2, 0) is 14.3 Å². The highest BCUT2D eigenvalue weighted by Crippen LogP contribution is 2.44. The van der Waals surface area contributed by atoms with E-state index in [4.69, 9.17) is 4.74 Å². The van der Waals surface area contributed by atoms with E-state index < -0.39 is 30.1 Å². The van der Waals surface area contributed by atoms with Gasteiger partial charge in [-0.3, -0.25) is 4.79 Å². The summed E-state index contributed by atoms with van der Waals surface area (Å²) < 4.78 is 5.56. The highest BCUT2D eigenvalue weighted by atomic mass is 16.5. The molecule has 35 heavy (non-hydrogen) atoms. The number of hydrogen-bond acceptors (Lipinski definition) is 4. The van der Waals surface area contributed by atoms with Crippen LogP contribution in [0.25, 0.3) is 11.1 Å². The number of fused-ring (bicyclic) bond motifs is 3. The summed E-state index contributed by atoms with van der Waals surface area (Å²) in [4.78, 5) is 37.4. The van der Waals surface area contributed by atoms with Gasteiger partial charge in [-0.05, 0) is 33.7 Å². The van der Waals surface area contributed by atoms with Gasteiger partial charge in [0.05, 0.1) is 0 Å². The molecule has 3 aromatic rings. The predicted octanol–water partition coefficient (Wildman–Crippen LogP) is 4.49. The average Bonchev–Trinajstić information content (AvgIpc) is 3.18. The molecule has 7 heteroatoms. The Morgan fingerprint density at radius 3 is 1.91 bits per heavy atom. The number of aliphatic carboxylic acids is 1. The minimum atomic E-state index is -1.23. The Labute approximate surface area is 204 Å². The van der Waals surface area contributed by atoms with Gasteiger partial charge < -0.3 is 20.5 Å². The van der Waals surface area contributed by atoms with Crippen molar-refractivity contribution >= 4 is 18.0 Å². The van der Waals surface area contributed by atoms with Crippen LogP contribution < -0.4 is 10.6 Å². The van der Waals surface area contributed by atoms with Crippen molar-refractivity contribution in [3.63, 3.8) is 0 Å². The third-order valence-electron chi connectivity index (χ3n) is 6.23. The average molecular weight is 473 g/mol. The van der Waals surface area contributed by atoms with Crippen LogP contribution in [0, 0.1) is 5.92 Å². The first kappa shape index (κ1) is 24.0. The molecule has 0 fully saturated rings. The monoisotopic (exact) mass is 472 g/mol. The molecule has 1 aliphatic rings. The van der Waals surface area contributed by atoms with E-state index in [1.54, 1.807) is 44.2 Å². The number of carbonyl (C=O) groups is 3. The van der Waals surface area contributed by atoms with Crippen molar-refractivity contribution in [3.8, 4) is 11.1 Å². The Kier molecular flexibility index (Phi) is 7.15. The van der Waals surface area contributed by atoms with E-state index in [2.05, 4.69) is 22.8 Å². The van der Waals surface area contributed by atoms with Gasteiger partial charge >= 0.3 is 12.1 Å². The molecule has 0 aliphatic heterocycles. The number of carboxylic acid groups (broad SMARTS) is 1. The topological polar surface area (TPSA) is 105 Å². The zero-order valence-electron chi connectivity index (χ0n) is 19.6. The fourth-order valence-electron chi connectivity index (χ4n) is 4.47. The summed E-state index contributed by atoms with van der Waals surface area (Å²) in [7, 11) is 0. The van der Waals surface area contributed by atoms with E-state index in [1.165, 1.54) is 0 Å². The molecule has 180 valence electrons. The van der Waals surface area contributed by atoms with Gasteiger partial charge in [0.2, 0.25) is 5.91 Å². The molecule has 4 rings (SSSR count). The third-order valence-corrected chi connectivity index (χ3v) is 6.23. The number of rotatable bonds is 8. The highest BCUT2D eigenvalue weighted by molar-refractivity contribution is 5.90. The molecule has 0 radical (unpaired) electrons. The van der Waals surface area contributed by atoms with E-state index in [0.717, 1.165) is 22.3 Å². The molecule has 0 heterocycles. The van der Waals surface area contributed by atoms with E-state index in [0.29, 0.717) is 5.56 Å². The molecule has 0 spiro atoms. The first-order valence-corrected chi connectivity index (χ1v) is 11.6. The van der Waals surface area contributed by atoms with Crippen LogP contribution in [0.1, 0.15) is 42.5 Å². The van der Waals surface area contributed by atoms with Gasteiger partial charge in [-0.15, -0.1) is 0 Å². The summed E-state index contributed by atoms with van der Waals surface area (Å²) in [6.07, 6.45) is -0.729. The molecule has 3 N–H and O–H groups in total. The fraction of sp³-hybridized carbons (Fsp3) is 0.250. The number of nitrogens with one attached hydrogen (secondary N) is 2. The van der Waals surface area contributed by atoms with Crippen LogP contribution in [0.15, 0.2) is 78.9 Å². The van der Waals surface area contributed by atoms with Gasteiger partial charge in [0.25, 0.3) is 0 Å². The minimum Gasteiger partial charge on any atom is -0.479 e. The zero-order valence-corrected chi connectivity index (χ0v) is 19.6. The van der Waals surface area contributed by atoms with Gasteiger partial charge in [-0.25, -0.2) is 9.59 Å².